The number of carbonyl (C=O) groups is 1. The quantitative estimate of drug-likeness (QED) is 0.500. The van der Waals surface area contributed by atoms with Crippen molar-refractivity contribution < 1.29 is 4.79 Å². The number of hydrogen-bond donors (Lipinski definition) is 0. The molecule has 0 unspecified atom stereocenters. The smallest absolute Gasteiger partial charge is 0.225 e. The van der Waals surface area contributed by atoms with E-state index in [0.717, 1.165) is 98.7 Å². The maximum atomic E-state index is 13.3. The van der Waals surface area contributed by atoms with Gasteiger partial charge in [-0.2, -0.15) is 10.2 Å². The van der Waals surface area contributed by atoms with E-state index in [4.69, 9.17) is 5.10 Å². The molecule has 198 valence electrons. The molecule has 1 aromatic carbocycles. The molecule has 0 atom stereocenters. The van der Waals surface area contributed by atoms with Crippen molar-refractivity contribution in [2.75, 3.05) is 44.2 Å². The molecule has 2 aliphatic heterocycles. The number of likely N-dealkylation sites (tertiary alicyclic amines) is 1. The van der Waals surface area contributed by atoms with Crippen molar-refractivity contribution in [3.05, 3.63) is 41.2 Å². The summed E-state index contributed by atoms with van der Waals surface area (Å²) in [6, 6.07) is 9.04. The van der Waals surface area contributed by atoms with Gasteiger partial charge in [-0.25, -0.2) is 4.68 Å². The summed E-state index contributed by atoms with van der Waals surface area (Å²) in [5.41, 5.74) is 5.13. The number of amides is 1. The lowest BCUT2D eigenvalue weighted by molar-refractivity contribution is -0.137. The molecule has 8 nitrogen and oxygen atoms in total. The molecule has 3 aromatic rings. The number of fused-ring (bicyclic) bond motifs is 1. The molecule has 2 aliphatic rings. The number of carbonyl (C=O) groups excluding carboxylic acids is 1. The molecule has 37 heavy (non-hydrogen) atoms. The van der Waals surface area contributed by atoms with Crippen molar-refractivity contribution in [1.29, 1.82) is 0 Å². The lowest BCUT2D eigenvalue weighted by Crippen LogP contribution is -2.49. The van der Waals surface area contributed by atoms with E-state index in [9.17, 15) is 4.79 Å². The van der Waals surface area contributed by atoms with Crippen molar-refractivity contribution in [3.8, 4) is 5.69 Å². The molecule has 0 spiro atoms. The van der Waals surface area contributed by atoms with Crippen molar-refractivity contribution in [3.63, 3.8) is 0 Å². The van der Waals surface area contributed by atoms with Crippen LogP contribution in [0.4, 0.5) is 5.82 Å². The first-order valence-electron chi connectivity index (χ1n) is 14.0. The molecule has 0 N–H and O–H groups in total. The predicted molar refractivity (Wildman–Crippen MR) is 148 cm³/mol. The van der Waals surface area contributed by atoms with Crippen molar-refractivity contribution >= 4 is 22.6 Å². The highest BCUT2D eigenvalue weighted by molar-refractivity contribution is 5.92. The molecule has 0 bridgehead atoms. The van der Waals surface area contributed by atoms with Gasteiger partial charge in [0.1, 0.15) is 5.52 Å². The van der Waals surface area contributed by atoms with Gasteiger partial charge in [-0.15, -0.1) is 5.10 Å². The van der Waals surface area contributed by atoms with E-state index in [2.05, 4.69) is 76.9 Å². The Balaban J connectivity index is 1.28. The number of aryl methyl sites for hydroxylation is 3. The number of benzene rings is 1. The lowest BCUT2D eigenvalue weighted by atomic mass is 9.93. The minimum absolute atomic E-state index is 0.0991. The summed E-state index contributed by atoms with van der Waals surface area (Å²) in [4.78, 5) is 20.3. The highest BCUT2D eigenvalue weighted by atomic mass is 16.2. The topological polar surface area (TPSA) is 70.4 Å². The Kier molecular flexibility index (Phi) is 7.47. The Morgan fingerprint density at radius 3 is 2.19 bits per heavy atom. The van der Waals surface area contributed by atoms with Gasteiger partial charge in [0.25, 0.3) is 0 Å². The molecule has 0 aliphatic carbocycles. The van der Waals surface area contributed by atoms with Crippen LogP contribution >= 0.6 is 0 Å². The standard InChI is InChI=1S/C29H41N7O/c1-6-33(7-2)24-14-18-35(19-15-24)29(37)23-12-16-34(17-13-23)28-27-26(21(4)30-31-28)22(5)36(32-27)25-10-8-20(3)9-11-25/h8-11,23-24H,6-7,12-19H2,1-5H3. The van der Waals surface area contributed by atoms with E-state index >= 15 is 0 Å². The van der Waals surface area contributed by atoms with Gasteiger partial charge < -0.3 is 14.7 Å². The molecule has 1 amide bonds. The van der Waals surface area contributed by atoms with Crippen LogP contribution in [-0.4, -0.2) is 81.0 Å². The van der Waals surface area contributed by atoms with Crippen LogP contribution in [0.15, 0.2) is 24.3 Å². The minimum atomic E-state index is 0.0991. The fourth-order valence-corrected chi connectivity index (χ4v) is 6.25. The monoisotopic (exact) mass is 503 g/mol. The van der Waals surface area contributed by atoms with Crippen molar-refractivity contribution in [2.24, 2.45) is 5.92 Å². The fourth-order valence-electron chi connectivity index (χ4n) is 6.25. The molecule has 4 heterocycles. The van der Waals surface area contributed by atoms with Gasteiger partial charge in [0, 0.05) is 38.1 Å². The average Bonchev–Trinajstić information content (AvgIpc) is 3.28. The fraction of sp³-hybridized carbons (Fsp3) is 0.586. The van der Waals surface area contributed by atoms with E-state index in [1.807, 2.05) is 11.6 Å². The minimum Gasteiger partial charge on any atom is -0.353 e. The Morgan fingerprint density at radius 2 is 1.57 bits per heavy atom. The third-order valence-electron chi connectivity index (χ3n) is 8.51. The summed E-state index contributed by atoms with van der Waals surface area (Å²) in [5, 5.41) is 15.2. The largest absolute Gasteiger partial charge is 0.353 e. The Morgan fingerprint density at radius 1 is 0.919 bits per heavy atom. The van der Waals surface area contributed by atoms with Crippen LogP contribution in [-0.2, 0) is 4.79 Å². The third-order valence-corrected chi connectivity index (χ3v) is 8.51. The number of aromatic nitrogens is 4. The first-order valence-corrected chi connectivity index (χ1v) is 14.0. The van der Waals surface area contributed by atoms with Crippen LogP contribution in [0, 0.1) is 26.7 Å². The summed E-state index contributed by atoms with van der Waals surface area (Å²) in [6.45, 7) is 16.2. The van der Waals surface area contributed by atoms with Crippen LogP contribution in [0.2, 0.25) is 0 Å². The Labute approximate surface area is 220 Å². The third kappa shape index (κ3) is 4.96. The number of rotatable bonds is 6. The van der Waals surface area contributed by atoms with E-state index in [0.29, 0.717) is 11.9 Å². The number of hydrogen-bond acceptors (Lipinski definition) is 6. The lowest BCUT2D eigenvalue weighted by Gasteiger charge is -2.40. The van der Waals surface area contributed by atoms with Gasteiger partial charge in [0.2, 0.25) is 5.91 Å². The molecule has 5 rings (SSSR count). The number of piperidine rings is 2. The van der Waals surface area contributed by atoms with E-state index in [1.54, 1.807) is 0 Å². The predicted octanol–water partition coefficient (Wildman–Crippen LogP) is 4.29. The van der Waals surface area contributed by atoms with Gasteiger partial charge in [0.05, 0.1) is 22.5 Å². The second-order valence-electron chi connectivity index (χ2n) is 10.7. The first-order chi connectivity index (χ1) is 17.9. The number of anilines is 1. The van der Waals surface area contributed by atoms with Crippen molar-refractivity contribution in [2.45, 2.75) is 66.3 Å². The molecule has 2 aromatic heterocycles. The van der Waals surface area contributed by atoms with E-state index in [-0.39, 0.29) is 5.92 Å². The summed E-state index contributed by atoms with van der Waals surface area (Å²) >= 11 is 0. The highest BCUT2D eigenvalue weighted by Crippen LogP contribution is 2.32. The van der Waals surface area contributed by atoms with E-state index in [1.165, 1.54) is 5.56 Å². The van der Waals surface area contributed by atoms with Crippen LogP contribution in [0.25, 0.3) is 16.6 Å². The maximum Gasteiger partial charge on any atom is 0.225 e. The van der Waals surface area contributed by atoms with Crippen LogP contribution in [0.1, 0.15) is 56.5 Å². The zero-order chi connectivity index (χ0) is 26.1. The van der Waals surface area contributed by atoms with Crippen LogP contribution in [0.3, 0.4) is 0 Å². The van der Waals surface area contributed by atoms with Gasteiger partial charge in [0.15, 0.2) is 5.82 Å². The van der Waals surface area contributed by atoms with Gasteiger partial charge in [-0.05, 0) is 71.7 Å². The molecule has 0 saturated carbocycles. The zero-order valence-corrected chi connectivity index (χ0v) is 23.1. The highest BCUT2D eigenvalue weighted by Gasteiger charge is 2.33. The van der Waals surface area contributed by atoms with E-state index < -0.39 is 0 Å². The summed E-state index contributed by atoms with van der Waals surface area (Å²) in [7, 11) is 0. The summed E-state index contributed by atoms with van der Waals surface area (Å²) < 4.78 is 2.00. The van der Waals surface area contributed by atoms with Gasteiger partial charge in [-0.3, -0.25) is 4.79 Å². The maximum absolute atomic E-state index is 13.3. The Hall–Kier alpha value is -3.00. The summed E-state index contributed by atoms with van der Waals surface area (Å²) in [6.07, 6.45) is 3.88. The SMILES string of the molecule is CCN(CC)C1CCN(C(=O)C2CCN(c3nnc(C)c4c(C)n(-c5ccc(C)cc5)nc34)CC2)CC1. The second-order valence-corrected chi connectivity index (χ2v) is 10.7. The van der Waals surface area contributed by atoms with Crippen LogP contribution in [0.5, 0.6) is 0 Å². The zero-order valence-electron chi connectivity index (χ0n) is 23.1. The van der Waals surface area contributed by atoms with Gasteiger partial charge in [-0.1, -0.05) is 31.5 Å². The molecule has 2 fully saturated rings. The normalized spacial score (nSPS) is 17.8. The molecule has 8 heteroatoms. The van der Waals surface area contributed by atoms with Crippen LogP contribution < -0.4 is 4.90 Å². The summed E-state index contributed by atoms with van der Waals surface area (Å²) in [5.74, 6) is 1.28. The molecular weight excluding hydrogens is 462 g/mol. The Bertz CT molecular complexity index is 1230. The molecule has 0 radical (unpaired) electrons. The second kappa shape index (κ2) is 10.8. The van der Waals surface area contributed by atoms with Crippen molar-refractivity contribution in [1.82, 2.24) is 29.8 Å². The first kappa shape index (κ1) is 25.6. The molecule has 2 saturated heterocycles. The number of nitrogens with zero attached hydrogens (tertiary/aromatic N) is 7. The average molecular weight is 504 g/mol. The molecular formula is C29H41N7O. The van der Waals surface area contributed by atoms with Gasteiger partial charge >= 0.3 is 0 Å².